The summed E-state index contributed by atoms with van der Waals surface area (Å²) >= 11 is 5.89. The van der Waals surface area contributed by atoms with E-state index in [4.69, 9.17) is 17.3 Å². The van der Waals surface area contributed by atoms with Gasteiger partial charge in [-0.3, -0.25) is 0 Å². The van der Waals surface area contributed by atoms with Gasteiger partial charge in [0.15, 0.2) is 0 Å². The van der Waals surface area contributed by atoms with Crippen molar-refractivity contribution in [2.45, 2.75) is 39.0 Å². The molecule has 1 aromatic heterocycles. The molecule has 1 atom stereocenters. The smallest absolute Gasteiger partial charge is 0.133 e. The predicted molar refractivity (Wildman–Crippen MR) is 63.1 cm³/mol. The Morgan fingerprint density at radius 2 is 2.20 bits per heavy atom. The number of aryl methyl sites for hydroxylation is 1. The Hall–Kier alpha value is -0.670. The maximum absolute atomic E-state index is 5.89. The van der Waals surface area contributed by atoms with Crippen LogP contribution in [-0.4, -0.2) is 16.5 Å². The Morgan fingerprint density at radius 1 is 1.47 bits per heavy atom. The van der Waals surface area contributed by atoms with Crippen LogP contribution in [0.4, 0.5) is 0 Å². The third-order valence-corrected chi connectivity index (χ3v) is 2.63. The average Bonchev–Trinajstić information content (AvgIpc) is 2.17. The maximum Gasteiger partial charge on any atom is 0.133 e. The molecule has 1 unspecified atom stereocenters. The molecule has 0 aliphatic heterocycles. The van der Waals surface area contributed by atoms with Crippen LogP contribution in [0.15, 0.2) is 6.07 Å². The molecule has 0 aliphatic carbocycles. The molecule has 4 heteroatoms. The summed E-state index contributed by atoms with van der Waals surface area (Å²) in [5.41, 5.74) is 6.72. The summed E-state index contributed by atoms with van der Waals surface area (Å²) in [6.45, 7) is 4.64. The van der Waals surface area contributed by atoms with Crippen LogP contribution in [-0.2, 0) is 0 Å². The number of nitrogens with two attached hydrogens (primary N) is 1. The summed E-state index contributed by atoms with van der Waals surface area (Å²) < 4.78 is 0. The Morgan fingerprint density at radius 3 is 2.73 bits per heavy atom. The van der Waals surface area contributed by atoms with E-state index in [1.165, 1.54) is 12.8 Å². The first kappa shape index (κ1) is 12.4. The van der Waals surface area contributed by atoms with Crippen molar-refractivity contribution in [2.75, 3.05) is 6.54 Å². The molecule has 0 radical (unpaired) electrons. The third kappa shape index (κ3) is 3.76. The number of aromatic nitrogens is 2. The number of rotatable bonds is 5. The van der Waals surface area contributed by atoms with Gasteiger partial charge in [-0.25, -0.2) is 9.97 Å². The van der Waals surface area contributed by atoms with Crippen molar-refractivity contribution in [2.24, 2.45) is 5.73 Å². The van der Waals surface area contributed by atoms with Crippen LogP contribution in [0.3, 0.4) is 0 Å². The van der Waals surface area contributed by atoms with Gasteiger partial charge >= 0.3 is 0 Å². The molecule has 0 bridgehead atoms. The molecule has 2 N–H and O–H groups in total. The van der Waals surface area contributed by atoms with Crippen molar-refractivity contribution in [1.82, 2.24) is 9.97 Å². The molecule has 84 valence electrons. The second-order valence-electron chi connectivity index (χ2n) is 3.74. The molecule has 1 rings (SSSR count). The van der Waals surface area contributed by atoms with E-state index in [0.717, 1.165) is 12.1 Å². The lowest BCUT2D eigenvalue weighted by atomic mass is 9.98. The fraction of sp³-hybridized carbons (Fsp3) is 0.636. The Bertz CT molecular complexity index is 294. The van der Waals surface area contributed by atoms with Crippen molar-refractivity contribution in [1.29, 1.82) is 0 Å². The summed E-state index contributed by atoms with van der Waals surface area (Å²) in [7, 11) is 0. The van der Waals surface area contributed by atoms with Crippen molar-refractivity contribution in [3.8, 4) is 0 Å². The monoisotopic (exact) mass is 227 g/mol. The highest BCUT2D eigenvalue weighted by molar-refractivity contribution is 6.29. The molecular formula is C11H18ClN3. The Balaban J connectivity index is 2.81. The average molecular weight is 228 g/mol. The zero-order valence-corrected chi connectivity index (χ0v) is 10.1. The number of nitrogens with zero attached hydrogens (tertiary/aromatic N) is 2. The second-order valence-corrected chi connectivity index (χ2v) is 4.12. The normalized spacial score (nSPS) is 12.8. The standard InChI is InChI=1S/C11H18ClN3/c1-3-4-5-9(7-13)10-6-11(12)15-8(2)14-10/h6,9H,3-5,7,13H2,1-2H3. The zero-order chi connectivity index (χ0) is 11.3. The van der Waals surface area contributed by atoms with Crippen LogP contribution in [0, 0.1) is 6.92 Å². The van der Waals surface area contributed by atoms with Gasteiger partial charge in [0.25, 0.3) is 0 Å². The minimum absolute atomic E-state index is 0.309. The van der Waals surface area contributed by atoms with Gasteiger partial charge in [0.1, 0.15) is 11.0 Å². The van der Waals surface area contributed by atoms with Gasteiger partial charge in [0.05, 0.1) is 0 Å². The first-order valence-electron chi connectivity index (χ1n) is 5.38. The van der Waals surface area contributed by atoms with Crippen LogP contribution in [0.5, 0.6) is 0 Å². The first-order valence-corrected chi connectivity index (χ1v) is 5.76. The minimum Gasteiger partial charge on any atom is -0.330 e. The van der Waals surface area contributed by atoms with E-state index >= 15 is 0 Å². The molecule has 0 amide bonds. The Labute approximate surface area is 96.1 Å². The van der Waals surface area contributed by atoms with Crippen LogP contribution in [0.2, 0.25) is 5.15 Å². The largest absolute Gasteiger partial charge is 0.330 e. The highest BCUT2D eigenvalue weighted by atomic mass is 35.5. The van der Waals surface area contributed by atoms with Crippen molar-refractivity contribution < 1.29 is 0 Å². The van der Waals surface area contributed by atoms with Crippen molar-refractivity contribution in [3.63, 3.8) is 0 Å². The van der Waals surface area contributed by atoms with E-state index < -0.39 is 0 Å². The van der Waals surface area contributed by atoms with E-state index in [9.17, 15) is 0 Å². The van der Waals surface area contributed by atoms with Crippen LogP contribution < -0.4 is 5.73 Å². The zero-order valence-electron chi connectivity index (χ0n) is 9.33. The van der Waals surface area contributed by atoms with Gasteiger partial charge in [-0.2, -0.15) is 0 Å². The van der Waals surface area contributed by atoms with E-state index in [0.29, 0.717) is 23.4 Å². The van der Waals surface area contributed by atoms with Gasteiger partial charge in [-0.15, -0.1) is 0 Å². The fourth-order valence-corrected chi connectivity index (χ4v) is 1.83. The predicted octanol–water partition coefficient (Wildman–Crippen LogP) is 2.67. The highest BCUT2D eigenvalue weighted by Crippen LogP contribution is 2.21. The number of unbranched alkanes of at least 4 members (excludes halogenated alkanes) is 1. The molecule has 0 fully saturated rings. The molecule has 0 saturated heterocycles. The summed E-state index contributed by atoms with van der Waals surface area (Å²) in [4.78, 5) is 8.43. The van der Waals surface area contributed by atoms with Gasteiger partial charge in [0, 0.05) is 18.2 Å². The van der Waals surface area contributed by atoms with Crippen LogP contribution >= 0.6 is 11.6 Å². The first-order chi connectivity index (χ1) is 7.17. The molecule has 0 saturated carbocycles. The summed E-state index contributed by atoms with van der Waals surface area (Å²) in [5.74, 6) is 1.02. The molecular weight excluding hydrogens is 210 g/mol. The topological polar surface area (TPSA) is 51.8 Å². The van der Waals surface area contributed by atoms with Crippen LogP contribution in [0.25, 0.3) is 0 Å². The second kappa shape index (κ2) is 6.03. The summed E-state index contributed by atoms with van der Waals surface area (Å²) in [5, 5.41) is 0.507. The SMILES string of the molecule is CCCCC(CN)c1cc(Cl)nc(C)n1. The molecule has 0 spiro atoms. The van der Waals surface area contributed by atoms with E-state index in [-0.39, 0.29) is 0 Å². The van der Waals surface area contributed by atoms with E-state index in [1.807, 2.05) is 13.0 Å². The van der Waals surface area contributed by atoms with Crippen molar-refractivity contribution in [3.05, 3.63) is 22.7 Å². The maximum atomic E-state index is 5.89. The number of halogens is 1. The third-order valence-electron chi connectivity index (χ3n) is 2.44. The van der Waals surface area contributed by atoms with E-state index in [2.05, 4.69) is 16.9 Å². The van der Waals surface area contributed by atoms with Gasteiger partial charge < -0.3 is 5.73 Å². The van der Waals surface area contributed by atoms with Gasteiger partial charge in [-0.05, 0) is 19.4 Å². The summed E-state index contributed by atoms with van der Waals surface area (Å²) in [6.07, 6.45) is 3.41. The molecule has 0 aliphatic rings. The number of hydrogen-bond acceptors (Lipinski definition) is 3. The lowest BCUT2D eigenvalue weighted by Crippen LogP contribution is -2.14. The lowest BCUT2D eigenvalue weighted by Gasteiger charge is -2.14. The highest BCUT2D eigenvalue weighted by Gasteiger charge is 2.12. The Kier molecular flexibility index (Phi) is 4.99. The van der Waals surface area contributed by atoms with E-state index in [1.54, 1.807) is 0 Å². The summed E-state index contributed by atoms with van der Waals surface area (Å²) in [6, 6.07) is 1.82. The number of hydrogen-bond donors (Lipinski definition) is 1. The van der Waals surface area contributed by atoms with Crippen molar-refractivity contribution >= 4 is 11.6 Å². The van der Waals surface area contributed by atoms with Crippen LogP contribution in [0.1, 0.15) is 43.6 Å². The molecule has 15 heavy (non-hydrogen) atoms. The molecule has 1 heterocycles. The quantitative estimate of drug-likeness (QED) is 0.787. The molecule has 0 aromatic carbocycles. The molecule has 3 nitrogen and oxygen atoms in total. The van der Waals surface area contributed by atoms with Gasteiger partial charge in [0.2, 0.25) is 0 Å². The molecule has 1 aromatic rings. The lowest BCUT2D eigenvalue weighted by molar-refractivity contribution is 0.576. The minimum atomic E-state index is 0.309. The fourth-order valence-electron chi connectivity index (χ4n) is 1.60. The van der Waals surface area contributed by atoms with Gasteiger partial charge in [-0.1, -0.05) is 31.4 Å².